The molecule has 3 N–H and O–H groups in total. The van der Waals surface area contributed by atoms with Crippen LogP contribution in [0.1, 0.15) is 20.8 Å². The zero-order valence-corrected chi connectivity index (χ0v) is 10.7. The Morgan fingerprint density at radius 1 is 1.31 bits per heavy atom. The fourth-order valence-corrected chi connectivity index (χ4v) is 1.78. The number of nitrogens with one attached hydrogen (secondary N) is 1. The van der Waals surface area contributed by atoms with Crippen LogP contribution >= 0.6 is 0 Å². The molecule has 1 saturated heterocycles. The predicted molar refractivity (Wildman–Crippen MR) is 68.2 cm³/mol. The Morgan fingerprint density at radius 3 is 2.38 bits per heavy atom. The van der Waals surface area contributed by atoms with Crippen LogP contribution in [0.15, 0.2) is 4.99 Å². The Bertz CT molecular complexity index is 218. The van der Waals surface area contributed by atoms with Gasteiger partial charge in [0.25, 0.3) is 0 Å². The van der Waals surface area contributed by atoms with Gasteiger partial charge in [-0.1, -0.05) is 20.8 Å². The Labute approximate surface area is 98.7 Å². The highest BCUT2D eigenvalue weighted by atomic mass is 15.4. The van der Waals surface area contributed by atoms with E-state index in [-0.39, 0.29) is 0 Å². The van der Waals surface area contributed by atoms with Gasteiger partial charge in [-0.3, -0.25) is 10.4 Å². The molecule has 0 aromatic heterocycles. The highest BCUT2D eigenvalue weighted by Crippen LogP contribution is 2.02. The molecule has 0 amide bonds. The topological polar surface area (TPSA) is 56.9 Å². The molecule has 0 aliphatic carbocycles. The molecule has 0 aromatic carbocycles. The van der Waals surface area contributed by atoms with E-state index < -0.39 is 0 Å². The fourth-order valence-electron chi connectivity index (χ4n) is 1.78. The molecule has 1 aliphatic rings. The van der Waals surface area contributed by atoms with Crippen LogP contribution in [0.3, 0.4) is 0 Å². The van der Waals surface area contributed by atoms with Crippen molar-refractivity contribution in [1.82, 2.24) is 15.2 Å². The minimum Gasteiger partial charge on any atom is -0.339 e. The molecule has 0 atom stereocenters. The van der Waals surface area contributed by atoms with Gasteiger partial charge >= 0.3 is 0 Å². The molecule has 0 bridgehead atoms. The minimum atomic E-state index is 0.570. The smallest absolute Gasteiger partial charge is 0.208 e. The largest absolute Gasteiger partial charge is 0.339 e. The summed E-state index contributed by atoms with van der Waals surface area (Å²) in [4.78, 5) is 9.17. The first-order valence-corrected chi connectivity index (χ1v) is 6.15. The highest BCUT2D eigenvalue weighted by Gasteiger charge is 2.17. The van der Waals surface area contributed by atoms with Crippen LogP contribution in [0, 0.1) is 5.92 Å². The number of likely N-dealkylation sites (N-methyl/N-ethyl adjacent to an activating group) is 1. The van der Waals surface area contributed by atoms with Gasteiger partial charge in [-0.15, -0.1) is 0 Å². The van der Waals surface area contributed by atoms with Crippen molar-refractivity contribution < 1.29 is 0 Å². The summed E-state index contributed by atoms with van der Waals surface area (Å²) in [5, 5.41) is 0. The molecule has 1 heterocycles. The zero-order valence-electron chi connectivity index (χ0n) is 10.7. The number of nitrogens with two attached hydrogens (primary N) is 1. The molecule has 0 unspecified atom stereocenters. The lowest BCUT2D eigenvalue weighted by Crippen LogP contribution is -2.53. The molecule has 5 nitrogen and oxygen atoms in total. The first-order chi connectivity index (χ1) is 7.67. The standard InChI is InChI=1S/C11H25N5/c1-4-15-5-7-16(8-6-15)11(14-12)13-9-10(2)3/h10H,4-9,12H2,1-3H3,(H,13,14). The average molecular weight is 227 g/mol. The van der Waals surface area contributed by atoms with Crippen LogP contribution in [0.25, 0.3) is 0 Å². The highest BCUT2D eigenvalue weighted by molar-refractivity contribution is 5.79. The summed E-state index contributed by atoms with van der Waals surface area (Å²) in [7, 11) is 0. The second-order valence-electron chi connectivity index (χ2n) is 4.62. The molecule has 94 valence electrons. The van der Waals surface area contributed by atoms with Crippen molar-refractivity contribution in [2.75, 3.05) is 39.3 Å². The number of rotatable bonds is 3. The molecule has 1 rings (SSSR count). The fraction of sp³-hybridized carbons (Fsp3) is 0.909. The molecule has 5 heteroatoms. The Hall–Kier alpha value is -0.810. The van der Waals surface area contributed by atoms with Crippen molar-refractivity contribution in [1.29, 1.82) is 0 Å². The van der Waals surface area contributed by atoms with Gasteiger partial charge < -0.3 is 9.80 Å². The van der Waals surface area contributed by atoms with Crippen LogP contribution in [-0.4, -0.2) is 55.0 Å². The van der Waals surface area contributed by atoms with Crippen molar-refractivity contribution in [3.8, 4) is 0 Å². The van der Waals surface area contributed by atoms with Crippen LogP contribution in [0.4, 0.5) is 0 Å². The molecular formula is C11H25N5. The lowest BCUT2D eigenvalue weighted by molar-refractivity contribution is 0.186. The van der Waals surface area contributed by atoms with Crippen LogP contribution in [0.2, 0.25) is 0 Å². The summed E-state index contributed by atoms with van der Waals surface area (Å²) in [5.41, 5.74) is 2.72. The number of hydrazine groups is 1. The van der Waals surface area contributed by atoms with Crippen LogP contribution in [0.5, 0.6) is 0 Å². The summed E-state index contributed by atoms with van der Waals surface area (Å²) in [6.45, 7) is 12.7. The third-order valence-electron chi connectivity index (χ3n) is 2.85. The van der Waals surface area contributed by atoms with Crippen LogP contribution < -0.4 is 11.3 Å². The lowest BCUT2D eigenvalue weighted by Gasteiger charge is -2.35. The summed E-state index contributed by atoms with van der Waals surface area (Å²) < 4.78 is 0. The Balaban J connectivity index is 2.45. The van der Waals surface area contributed by atoms with Crippen molar-refractivity contribution in [3.63, 3.8) is 0 Å². The lowest BCUT2D eigenvalue weighted by atomic mass is 10.2. The van der Waals surface area contributed by atoms with Gasteiger partial charge in [0.05, 0.1) is 0 Å². The number of nitrogens with zero attached hydrogens (tertiary/aromatic N) is 3. The monoisotopic (exact) mass is 227 g/mol. The molecule has 0 radical (unpaired) electrons. The molecule has 16 heavy (non-hydrogen) atoms. The van der Waals surface area contributed by atoms with Gasteiger partial charge in [0.1, 0.15) is 0 Å². The minimum absolute atomic E-state index is 0.570. The number of guanidine groups is 1. The average Bonchev–Trinajstić information content (AvgIpc) is 2.30. The number of hydrogen-bond donors (Lipinski definition) is 2. The SMILES string of the molecule is CCN1CCN(C(=NCC(C)C)NN)CC1. The van der Waals surface area contributed by atoms with Gasteiger partial charge in [-0.05, 0) is 12.5 Å². The van der Waals surface area contributed by atoms with Gasteiger partial charge in [-0.2, -0.15) is 0 Å². The van der Waals surface area contributed by atoms with Crippen molar-refractivity contribution in [3.05, 3.63) is 0 Å². The number of hydrogen-bond acceptors (Lipinski definition) is 3. The first kappa shape index (κ1) is 13.3. The van der Waals surface area contributed by atoms with Crippen molar-refractivity contribution >= 4 is 5.96 Å². The maximum Gasteiger partial charge on any atom is 0.208 e. The van der Waals surface area contributed by atoms with E-state index >= 15 is 0 Å². The van der Waals surface area contributed by atoms with Crippen molar-refractivity contribution in [2.45, 2.75) is 20.8 Å². The van der Waals surface area contributed by atoms with E-state index in [0.29, 0.717) is 5.92 Å². The maximum atomic E-state index is 5.52. The van der Waals surface area contributed by atoms with Gasteiger partial charge in [0.15, 0.2) is 0 Å². The molecular weight excluding hydrogens is 202 g/mol. The zero-order chi connectivity index (χ0) is 12.0. The van der Waals surface area contributed by atoms with Gasteiger partial charge in [0.2, 0.25) is 5.96 Å². The van der Waals surface area contributed by atoms with E-state index in [1.165, 1.54) is 0 Å². The van der Waals surface area contributed by atoms with Crippen LogP contribution in [-0.2, 0) is 0 Å². The third-order valence-corrected chi connectivity index (χ3v) is 2.85. The maximum absolute atomic E-state index is 5.52. The summed E-state index contributed by atoms with van der Waals surface area (Å²) in [6, 6.07) is 0. The summed E-state index contributed by atoms with van der Waals surface area (Å²) in [5.74, 6) is 6.93. The van der Waals surface area contributed by atoms with E-state index in [4.69, 9.17) is 5.84 Å². The van der Waals surface area contributed by atoms with E-state index in [1.807, 2.05) is 0 Å². The van der Waals surface area contributed by atoms with E-state index in [9.17, 15) is 0 Å². The second kappa shape index (κ2) is 6.70. The number of piperazine rings is 1. The molecule has 0 spiro atoms. The Morgan fingerprint density at radius 2 is 1.94 bits per heavy atom. The quantitative estimate of drug-likeness (QED) is 0.311. The molecule has 1 fully saturated rings. The van der Waals surface area contributed by atoms with E-state index in [0.717, 1.165) is 45.2 Å². The summed E-state index contributed by atoms with van der Waals surface area (Å²) >= 11 is 0. The van der Waals surface area contributed by atoms with Crippen molar-refractivity contribution in [2.24, 2.45) is 16.8 Å². The van der Waals surface area contributed by atoms with Gasteiger partial charge in [-0.25, -0.2) is 5.84 Å². The predicted octanol–water partition coefficient (Wildman–Crippen LogP) is 0.0992. The van der Waals surface area contributed by atoms with E-state index in [1.54, 1.807) is 0 Å². The molecule has 0 saturated carbocycles. The molecule has 1 aliphatic heterocycles. The summed E-state index contributed by atoms with van der Waals surface area (Å²) in [6.07, 6.45) is 0. The third kappa shape index (κ3) is 3.98. The second-order valence-corrected chi connectivity index (χ2v) is 4.62. The first-order valence-electron chi connectivity index (χ1n) is 6.15. The van der Waals surface area contributed by atoms with Gasteiger partial charge in [0, 0.05) is 32.7 Å². The number of aliphatic imine (C=N–C) groups is 1. The Kier molecular flexibility index (Phi) is 5.55. The molecule has 0 aromatic rings. The van der Waals surface area contributed by atoms with E-state index in [2.05, 4.69) is 41.0 Å². The normalized spacial score (nSPS) is 19.3.